The molecule has 0 radical (unpaired) electrons. The number of anilines is 2. The van der Waals surface area contributed by atoms with Crippen LogP contribution in [0.25, 0.3) is 17.2 Å². The highest BCUT2D eigenvalue weighted by atomic mass is 19.4. The van der Waals surface area contributed by atoms with Gasteiger partial charge in [-0.05, 0) is 89.9 Å². The maximum atomic E-state index is 13.0. The van der Waals surface area contributed by atoms with E-state index in [4.69, 9.17) is 16.2 Å². The van der Waals surface area contributed by atoms with Gasteiger partial charge in [-0.25, -0.2) is 4.79 Å². The van der Waals surface area contributed by atoms with Crippen molar-refractivity contribution in [1.82, 2.24) is 0 Å². The minimum Gasteiger partial charge on any atom is -0.423 e. The van der Waals surface area contributed by atoms with Gasteiger partial charge in [0.05, 0.1) is 5.56 Å². The predicted molar refractivity (Wildman–Crippen MR) is 143 cm³/mol. The number of hydrogen-bond donors (Lipinski definition) is 2. The molecule has 4 aromatic rings. The van der Waals surface area contributed by atoms with Gasteiger partial charge in [-0.1, -0.05) is 36.4 Å². The van der Waals surface area contributed by atoms with Gasteiger partial charge in [0.15, 0.2) is 5.78 Å². The number of allylic oxidation sites excluding steroid dienone is 1. The first-order valence-corrected chi connectivity index (χ1v) is 11.7. The Kier molecular flexibility index (Phi) is 7.71. The van der Waals surface area contributed by atoms with Gasteiger partial charge < -0.3 is 20.9 Å². The minimum absolute atomic E-state index is 0.0493. The van der Waals surface area contributed by atoms with Gasteiger partial charge in [0.25, 0.3) is 0 Å². The SMILES string of the molecule is Cc1c(-c2ccc(N)cc2)ccc(N)c1C(=O)/C=C/c1ccc(OC(=O)c2ccc(OC(F)(F)F)cc2)cc1. The molecular weight excluding hydrogens is 509 g/mol. The monoisotopic (exact) mass is 532 g/mol. The van der Waals surface area contributed by atoms with Crippen LogP contribution < -0.4 is 20.9 Å². The fourth-order valence-corrected chi connectivity index (χ4v) is 3.90. The molecule has 0 fully saturated rings. The summed E-state index contributed by atoms with van der Waals surface area (Å²) in [6.07, 6.45) is -1.80. The molecule has 0 atom stereocenters. The van der Waals surface area contributed by atoms with E-state index in [1.165, 1.54) is 30.3 Å². The highest BCUT2D eigenvalue weighted by Crippen LogP contribution is 2.30. The van der Waals surface area contributed by atoms with Crippen molar-refractivity contribution in [2.45, 2.75) is 13.3 Å². The summed E-state index contributed by atoms with van der Waals surface area (Å²) < 4.78 is 45.9. The van der Waals surface area contributed by atoms with Crippen LogP contribution in [0.4, 0.5) is 24.5 Å². The first kappa shape index (κ1) is 27.0. The summed E-state index contributed by atoms with van der Waals surface area (Å²) in [7, 11) is 0. The Balaban J connectivity index is 1.43. The van der Waals surface area contributed by atoms with Crippen LogP contribution in [0.1, 0.15) is 31.8 Å². The number of carbonyl (C=O) groups excluding carboxylic acids is 2. The summed E-state index contributed by atoms with van der Waals surface area (Å²) in [6, 6.07) is 21.6. The van der Waals surface area contributed by atoms with Gasteiger partial charge in [0, 0.05) is 16.9 Å². The largest absolute Gasteiger partial charge is 0.573 e. The van der Waals surface area contributed by atoms with Crippen LogP contribution in [0.3, 0.4) is 0 Å². The molecule has 0 heterocycles. The van der Waals surface area contributed by atoms with Gasteiger partial charge >= 0.3 is 12.3 Å². The number of esters is 1. The molecule has 39 heavy (non-hydrogen) atoms. The molecule has 0 bridgehead atoms. The van der Waals surface area contributed by atoms with E-state index in [1.807, 2.05) is 25.1 Å². The smallest absolute Gasteiger partial charge is 0.423 e. The van der Waals surface area contributed by atoms with Crippen molar-refractivity contribution in [1.29, 1.82) is 0 Å². The van der Waals surface area contributed by atoms with E-state index in [0.29, 0.717) is 22.5 Å². The average molecular weight is 533 g/mol. The Labute approximate surface area is 222 Å². The second-order valence-electron chi connectivity index (χ2n) is 8.55. The molecule has 0 aromatic heterocycles. The molecule has 4 aromatic carbocycles. The number of nitrogen functional groups attached to an aromatic ring is 2. The van der Waals surface area contributed by atoms with E-state index < -0.39 is 18.1 Å². The van der Waals surface area contributed by atoms with Gasteiger partial charge in [0.2, 0.25) is 0 Å². The Bertz CT molecular complexity index is 1530. The number of ketones is 1. The Morgan fingerprint density at radius 1 is 0.795 bits per heavy atom. The zero-order valence-electron chi connectivity index (χ0n) is 20.7. The van der Waals surface area contributed by atoms with Crippen LogP contribution in [0, 0.1) is 6.92 Å². The molecule has 0 saturated carbocycles. The maximum Gasteiger partial charge on any atom is 0.573 e. The summed E-state index contributed by atoms with van der Waals surface area (Å²) in [5.41, 5.74) is 16.6. The molecule has 6 nitrogen and oxygen atoms in total. The van der Waals surface area contributed by atoms with Crippen molar-refractivity contribution in [2.75, 3.05) is 11.5 Å². The first-order chi connectivity index (χ1) is 18.5. The fraction of sp³-hybridized carbons (Fsp3) is 0.0667. The Morgan fingerprint density at radius 3 is 2.03 bits per heavy atom. The van der Waals surface area contributed by atoms with Gasteiger partial charge in [-0.15, -0.1) is 13.2 Å². The zero-order valence-corrected chi connectivity index (χ0v) is 20.7. The molecule has 0 saturated heterocycles. The van der Waals surface area contributed by atoms with E-state index in [9.17, 15) is 22.8 Å². The quantitative estimate of drug-likeness (QED) is 0.0888. The van der Waals surface area contributed by atoms with E-state index in [1.54, 1.807) is 36.4 Å². The molecule has 198 valence electrons. The third kappa shape index (κ3) is 6.84. The number of nitrogens with two attached hydrogens (primary N) is 2. The second kappa shape index (κ2) is 11.1. The average Bonchev–Trinajstić information content (AvgIpc) is 2.88. The molecule has 0 unspecified atom stereocenters. The van der Waals surface area contributed by atoms with E-state index in [-0.39, 0.29) is 17.1 Å². The summed E-state index contributed by atoms with van der Waals surface area (Å²) in [6.45, 7) is 1.84. The molecule has 0 aliphatic heterocycles. The van der Waals surface area contributed by atoms with Crippen molar-refractivity contribution in [3.05, 3.63) is 113 Å². The van der Waals surface area contributed by atoms with Crippen LogP contribution in [0.5, 0.6) is 11.5 Å². The van der Waals surface area contributed by atoms with Gasteiger partial charge in [-0.3, -0.25) is 4.79 Å². The number of hydrogen-bond acceptors (Lipinski definition) is 6. The van der Waals surface area contributed by atoms with Crippen molar-refractivity contribution >= 4 is 29.2 Å². The normalized spacial score (nSPS) is 11.4. The number of carbonyl (C=O) groups is 2. The maximum absolute atomic E-state index is 13.0. The zero-order chi connectivity index (χ0) is 28.2. The van der Waals surface area contributed by atoms with Crippen molar-refractivity contribution in [3.63, 3.8) is 0 Å². The number of alkyl halides is 3. The third-order valence-electron chi connectivity index (χ3n) is 5.81. The van der Waals surface area contributed by atoms with Gasteiger partial charge in [0.1, 0.15) is 11.5 Å². The van der Waals surface area contributed by atoms with Crippen molar-refractivity contribution in [3.8, 4) is 22.6 Å². The third-order valence-corrected chi connectivity index (χ3v) is 5.81. The standard InChI is InChI=1S/C30H23F3N2O4/c1-18-25(20-5-9-22(34)10-6-20)15-16-26(35)28(18)27(36)17-4-19-2-11-23(12-3-19)38-29(37)21-7-13-24(14-8-21)39-30(31,32)33/h2-17H,34-35H2,1H3/b17-4+. The van der Waals surface area contributed by atoms with E-state index in [2.05, 4.69) is 4.74 Å². The van der Waals surface area contributed by atoms with Crippen LogP contribution in [0.2, 0.25) is 0 Å². The second-order valence-corrected chi connectivity index (χ2v) is 8.55. The molecule has 0 aliphatic carbocycles. The summed E-state index contributed by atoms with van der Waals surface area (Å²) in [5.74, 6) is -1.25. The van der Waals surface area contributed by atoms with Crippen molar-refractivity contribution in [2.24, 2.45) is 0 Å². The molecule has 0 spiro atoms. The number of halogens is 3. The molecule has 9 heteroatoms. The van der Waals surface area contributed by atoms with E-state index >= 15 is 0 Å². The molecule has 4 N–H and O–H groups in total. The van der Waals surface area contributed by atoms with Crippen LogP contribution in [0.15, 0.2) is 91.0 Å². The first-order valence-electron chi connectivity index (χ1n) is 11.7. The molecule has 4 rings (SSSR count). The molecule has 0 aliphatic rings. The lowest BCUT2D eigenvalue weighted by atomic mass is 9.93. The van der Waals surface area contributed by atoms with Crippen LogP contribution in [-0.4, -0.2) is 18.1 Å². The molecule has 0 amide bonds. The topological polar surface area (TPSA) is 105 Å². The number of ether oxygens (including phenoxy) is 2. The lowest BCUT2D eigenvalue weighted by Gasteiger charge is -2.13. The highest BCUT2D eigenvalue weighted by molar-refractivity contribution is 6.12. The van der Waals surface area contributed by atoms with Crippen molar-refractivity contribution < 1.29 is 32.2 Å². The highest BCUT2D eigenvalue weighted by Gasteiger charge is 2.31. The van der Waals surface area contributed by atoms with Crippen LogP contribution >= 0.6 is 0 Å². The Morgan fingerprint density at radius 2 is 1.41 bits per heavy atom. The summed E-state index contributed by atoms with van der Waals surface area (Å²) in [4.78, 5) is 25.4. The molecular formula is C30H23F3N2O4. The minimum atomic E-state index is -4.82. The number of benzene rings is 4. The Hall–Kier alpha value is -5.05. The predicted octanol–water partition coefficient (Wildman–Crippen LogP) is 6.84. The number of rotatable bonds is 7. The summed E-state index contributed by atoms with van der Waals surface area (Å²) in [5, 5.41) is 0. The van der Waals surface area contributed by atoms with Crippen LogP contribution in [-0.2, 0) is 0 Å². The fourth-order valence-electron chi connectivity index (χ4n) is 3.90. The lowest BCUT2D eigenvalue weighted by molar-refractivity contribution is -0.274. The van der Waals surface area contributed by atoms with E-state index in [0.717, 1.165) is 28.8 Å². The lowest BCUT2D eigenvalue weighted by Crippen LogP contribution is -2.17. The summed E-state index contributed by atoms with van der Waals surface area (Å²) >= 11 is 0. The van der Waals surface area contributed by atoms with Gasteiger partial charge in [-0.2, -0.15) is 0 Å².